The standard InChI is InChI=1S/2C5H7NO.C5H7NS/c1-4-3-6-5(2)7-4;1-4-3-5(2)7-6-4;1-4-3-7-5(2)6-4/h3*3H,1-2H3. The molecule has 5 nitrogen and oxygen atoms in total. The predicted octanol–water partition coefficient (Wildman–Crippen LogP) is 4.34. The Balaban J connectivity index is 0.000000157. The van der Waals surface area contributed by atoms with Crippen molar-refractivity contribution >= 4 is 11.3 Å². The maximum Gasteiger partial charge on any atom is 0.191 e. The summed E-state index contributed by atoms with van der Waals surface area (Å²) in [4.78, 5) is 7.98. The van der Waals surface area contributed by atoms with Crippen LogP contribution in [0.2, 0.25) is 0 Å². The molecule has 0 aliphatic rings. The second-order valence-corrected chi connectivity index (χ2v) is 5.64. The normalized spacial score (nSPS) is 9.43. The van der Waals surface area contributed by atoms with E-state index in [-0.39, 0.29) is 0 Å². The van der Waals surface area contributed by atoms with Crippen molar-refractivity contribution in [3.63, 3.8) is 0 Å². The first kappa shape index (κ1) is 17.1. The number of hydrogen-bond donors (Lipinski definition) is 0. The molecular formula is C15H21N3O2S. The van der Waals surface area contributed by atoms with E-state index >= 15 is 0 Å². The van der Waals surface area contributed by atoms with E-state index in [9.17, 15) is 0 Å². The Kier molecular flexibility index (Phi) is 6.81. The molecule has 3 aromatic rings. The summed E-state index contributed by atoms with van der Waals surface area (Å²) >= 11 is 1.69. The average molecular weight is 307 g/mol. The van der Waals surface area contributed by atoms with Crippen LogP contribution in [0.1, 0.15) is 33.8 Å². The number of thiazole rings is 1. The van der Waals surface area contributed by atoms with E-state index in [0.717, 1.165) is 33.8 Å². The Morgan fingerprint density at radius 3 is 1.81 bits per heavy atom. The zero-order chi connectivity index (χ0) is 15.8. The minimum absolute atomic E-state index is 0.734. The summed E-state index contributed by atoms with van der Waals surface area (Å²) in [6.07, 6.45) is 1.70. The van der Waals surface area contributed by atoms with Crippen LogP contribution in [0.4, 0.5) is 0 Å². The van der Waals surface area contributed by atoms with Gasteiger partial charge < -0.3 is 8.94 Å². The predicted molar refractivity (Wildman–Crippen MR) is 83.5 cm³/mol. The van der Waals surface area contributed by atoms with Crippen LogP contribution >= 0.6 is 11.3 Å². The molecule has 3 rings (SSSR count). The van der Waals surface area contributed by atoms with E-state index in [1.807, 2.05) is 47.6 Å². The number of aromatic nitrogens is 3. The topological polar surface area (TPSA) is 65.0 Å². The van der Waals surface area contributed by atoms with E-state index in [2.05, 4.69) is 20.5 Å². The fourth-order valence-electron chi connectivity index (χ4n) is 1.43. The maximum atomic E-state index is 4.97. The van der Waals surface area contributed by atoms with Crippen LogP contribution in [0.15, 0.2) is 26.6 Å². The molecule has 0 aliphatic carbocycles. The van der Waals surface area contributed by atoms with Crippen molar-refractivity contribution < 1.29 is 8.94 Å². The molecule has 0 aliphatic heterocycles. The second-order valence-electron chi connectivity index (χ2n) is 4.58. The molecule has 0 saturated heterocycles. The number of nitrogens with zero attached hydrogens (tertiary/aromatic N) is 3. The van der Waals surface area contributed by atoms with E-state index < -0.39 is 0 Å². The zero-order valence-corrected chi connectivity index (χ0v) is 14.1. The first-order valence-corrected chi connectivity index (χ1v) is 7.42. The van der Waals surface area contributed by atoms with Crippen LogP contribution in [0.3, 0.4) is 0 Å². The molecule has 0 aromatic carbocycles. The highest BCUT2D eigenvalue weighted by Gasteiger charge is 1.88. The van der Waals surface area contributed by atoms with Gasteiger partial charge in [-0.2, -0.15) is 0 Å². The lowest BCUT2D eigenvalue weighted by Gasteiger charge is -1.73. The van der Waals surface area contributed by atoms with Gasteiger partial charge >= 0.3 is 0 Å². The van der Waals surface area contributed by atoms with Crippen molar-refractivity contribution in [3.05, 3.63) is 51.4 Å². The number of rotatable bonds is 0. The van der Waals surface area contributed by atoms with Crippen LogP contribution in [0, 0.1) is 41.5 Å². The maximum absolute atomic E-state index is 4.97. The van der Waals surface area contributed by atoms with Crippen LogP contribution < -0.4 is 0 Å². The van der Waals surface area contributed by atoms with E-state index in [0.29, 0.717) is 0 Å². The smallest absolute Gasteiger partial charge is 0.191 e. The van der Waals surface area contributed by atoms with E-state index in [1.54, 1.807) is 17.5 Å². The van der Waals surface area contributed by atoms with Gasteiger partial charge in [0.2, 0.25) is 0 Å². The highest BCUT2D eigenvalue weighted by molar-refractivity contribution is 7.09. The van der Waals surface area contributed by atoms with Gasteiger partial charge in [0.1, 0.15) is 11.5 Å². The molecule has 3 heterocycles. The highest BCUT2D eigenvalue weighted by atomic mass is 32.1. The molecule has 0 bridgehead atoms. The van der Waals surface area contributed by atoms with Crippen LogP contribution in [-0.4, -0.2) is 15.1 Å². The van der Waals surface area contributed by atoms with Gasteiger partial charge in [-0.1, -0.05) is 5.16 Å². The van der Waals surface area contributed by atoms with Crippen LogP contribution in [-0.2, 0) is 0 Å². The first-order valence-electron chi connectivity index (χ1n) is 6.54. The Morgan fingerprint density at radius 2 is 1.67 bits per heavy atom. The lowest BCUT2D eigenvalue weighted by molar-refractivity contribution is 0.393. The molecular weight excluding hydrogens is 286 g/mol. The van der Waals surface area contributed by atoms with Crippen molar-refractivity contribution in [2.24, 2.45) is 0 Å². The van der Waals surface area contributed by atoms with E-state index in [1.165, 1.54) is 0 Å². The summed E-state index contributed by atoms with van der Waals surface area (Å²) in [5, 5.41) is 6.84. The molecule has 21 heavy (non-hydrogen) atoms. The molecule has 0 N–H and O–H groups in total. The molecule has 0 amide bonds. The SMILES string of the molecule is Cc1cc(C)on1.Cc1cnc(C)o1.Cc1csc(C)n1. The largest absolute Gasteiger partial charge is 0.446 e. The Hall–Kier alpha value is -1.95. The van der Waals surface area contributed by atoms with Gasteiger partial charge in [-0.05, 0) is 34.6 Å². The van der Waals surface area contributed by atoms with Gasteiger partial charge in [-0.3, -0.25) is 0 Å². The summed E-state index contributed by atoms with van der Waals surface area (Å²) in [5.41, 5.74) is 2.07. The molecule has 0 radical (unpaired) electrons. The minimum atomic E-state index is 0.734. The second kappa shape index (κ2) is 8.36. The van der Waals surface area contributed by atoms with Crippen molar-refractivity contribution in [2.45, 2.75) is 41.5 Å². The quantitative estimate of drug-likeness (QED) is 0.618. The number of hydrogen-bond acceptors (Lipinski definition) is 6. The molecule has 0 fully saturated rings. The summed E-state index contributed by atoms with van der Waals surface area (Å²) in [7, 11) is 0. The molecule has 3 aromatic heterocycles. The van der Waals surface area contributed by atoms with Crippen molar-refractivity contribution in [2.75, 3.05) is 0 Å². The van der Waals surface area contributed by atoms with E-state index in [4.69, 9.17) is 8.94 Å². The molecule has 0 atom stereocenters. The average Bonchev–Trinajstić information content (AvgIpc) is 3.06. The molecule has 114 valence electrons. The van der Waals surface area contributed by atoms with Gasteiger partial charge in [0.25, 0.3) is 0 Å². The highest BCUT2D eigenvalue weighted by Crippen LogP contribution is 2.04. The van der Waals surface area contributed by atoms with Gasteiger partial charge in [0.05, 0.1) is 16.9 Å². The Morgan fingerprint density at radius 1 is 0.952 bits per heavy atom. The van der Waals surface area contributed by atoms with Gasteiger partial charge in [-0.15, -0.1) is 11.3 Å². The summed E-state index contributed by atoms with van der Waals surface area (Å²) in [6.45, 7) is 11.5. The summed E-state index contributed by atoms with van der Waals surface area (Å²) in [6, 6.07) is 1.89. The van der Waals surface area contributed by atoms with Gasteiger partial charge in [-0.25, -0.2) is 9.97 Å². The summed E-state index contributed by atoms with van der Waals surface area (Å²) in [5.74, 6) is 2.48. The third-order valence-electron chi connectivity index (χ3n) is 2.22. The van der Waals surface area contributed by atoms with Gasteiger partial charge in [0.15, 0.2) is 5.89 Å². The third-order valence-corrected chi connectivity index (χ3v) is 3.11. The van der Waals surface area contributed by atoms with Crippen molar-refractivity contribution in [3.8, 4) is 0 Å². The van der Waals surface area contributed by atoms with Crippen molar-refractivity contribution in [1.29, 1.82) is 0 Å². The zero-order valence-electron chi connectivity index (χ0n) is 13.3. The lowest BCUT2D eigenvalue weighted by Crippen LogP contribution is -1.67. The number of oxazole rings is 1. The Labute approximate surface area is 129 Å². The molecule has 6 heteroatoms. The summed E-state index contributed by atoms with van der Waals surface area (Å²) < 4.78 is 9.69. The molecule has 0 saturated carbocycles. The fourth-order valence-corrected chi connectivity index (χ4v) is 2.02. The van der Waals surface area contributed by atoms with Crippen LogP contribution in [0.25, 0.3) is 0 Å². The van der Waals surface area contributed by atoms with Crippen LogP contribution in [0.5, 0.6) is 0 Å². The molecule has 0 spiro atoms. The van der Waals surface area contributed by atoms with Gasteiger partial charge in [0, 0.05) is 24.1 Å². The lowest BCUT2D eigenvalue weighted by atomic mass is 10.4. The fraction of sp³-hybridized carbons (Fsp3) is 0.400. The Bertz CT molecular complexity index is 515. The monoisotopic (exact) mass is 307 g/mol. The minimum Gasteiger partial charge on any atom is -0.446 e. The third kappa shape index (κ3) is 7.41. The molecule has 0 unspecified atom stereocenters. The first-order chi connectivity index (χ1) is 9.86. The number of aryl methyl sites for hydroxylation is 6. The van der Waals surface area contributed by atoms with Crippen molar-refractivity contribution in [1.82, 2.24) is 15.1 Å².